The Morgan fingerprint density at radius 2 is 1.74 bits per heavy atom. The minimum absolute atomic E-state index is 0.103. The summed E-state index contributed by atoms with van der Waals surface area (Å²) in [6, 6.07) is 23.2. The Kier molecular flexibility index (Phi) is 7.74. The Morgan fingerprint density at radius 3 is 2.46 bits per heavy atom. The number of methoxy groups -OCH3 is 2. The molecule has 4 aromatic rings. The molecule has 0 radical (unpaired) electrons. The second-order valence-corrected chi connectivity index (χ2v) is 8.76. The first-order chi connectivity index (χ1) is 17.1. The summed E-state index contributed by atoms with van der Waals surface area (Å²) in [5.74, 6) is 1.17. The number of rotatable bonds is 9. The van der Waals surface area contributed by atoms with Crippen molar-refractivity contribution in [1.29, 1.82) is 0 Å². The number of nitrogens with one attached hydrogen (secondary N) is 2. The first-order valence-electron chi connectivity index (χ1n) is 11.0. The van der Waals surface area contributed by atoms with Crippen molar-refractivity contribution in [3.05, 3.63) is 89.5 Å². The summed E-state index contributed by atoms with van der Waals surface area (Å²) >= 11 is 1.33. The Bertz CT molecular complexity index is 1320. The van der Waals surface area contributed by atoms with E-state index >= 15 is 0 Å². The lowest BCUT2D eigenvalue weighted by molar-refractivity contribution is -0.115. The summed E-state index contributed by atoms with van der Waals surface area (Å²) in [5.41, 5.74) is 7.52. The first-order valence-corrected chi connectivity index (χ1v) is 11.8. The van der Waals surface area contributed by atoms with E-state index in [0.717, 1.165) is 22.3 Å². The monoisotopic (exact) mass is 486 g/mol. The number of anilines is 2. The summed E-state index contributed by atoms with van der Waals surface area (Å²) < 4.78 is 10.6. The Morgan fingerprint density at radius 1 is 1.00 bits per heavy atom. The number of ether oxygens (including phenoxy) is 2. The van der Waals surface area contributed by atoms with E-state index < -0.39 is 0 Å². The van der Waals surface area contributed by atoms with Crippen LogP contribution in [0, 0.1) is 6.92 Å². The van der Waals surface area contributed by atoms with Crippen molar-refractivity contribution in [1.82, 2.24) is 4.98 Å². The highest BCUT2D eigenvalue weighted by Gasteiger charge is 2.16. The zero-order valence-corrected chi connectivity index (χ0v) is 20.6. The molecule has 0 saturated carbocycles. The van der Waals surface area contributed by atoms with Gasteiger partial charge in [0.25, 0.3) is 0 Å². The minimum atomic E-state index is -0.103. The van der Waals surface area contributed by atoms with Gasteiger partial charge >= 0.3 is 0 Å². The fourth-order valence-electron chi connectivity index (χ4n) is 3.41. The third kappa shape index (κ3) is 6.24. The number of benzene rings is 3. The number of thiazole rings is 1. The van der Waals surface area contributed by atoms with Gasteiger partial charge in [0.2, 0.25) is 11.0 Å². The number of carbonyl (C=O) groups excluding carboxylic acids is 1. The summed E-state index contributed by atoms with van der Waals surface area (Å²) in [6.07, 6.45) is 1.95. The SMILES string of the molecule is COc1ccc(C=NNc2nc(-c3ccc(C)cc3)c(NC(=O)Cc3ccccc3)s2)cc1OC. The maximum absolute atomic E-state index is 12.7. The number of aromatic nitrogens is 1. The van der Waals surface area contributed by atoms with Gasteiger partial charge in [-0.15, -0.1) is 0 Å². The van der Waals surface area contributed by atoms with E-state index in [-0.39, 0.29) is 12.3 Å². The molecule has 0 aliphatic carbocycles. The first kappa shape index (κ1) is 24.0. The van der Waals surface area contributed by atoms with Gasteiger partial charge in [-0.25, -0.2) is 4.98 Å². The topological polar surface area (TPSA) is 84.8 Å². The van der Waals surface area contributed by atoms with Crippen LogP contribution in [-0.2, 0) is 11.2 Å². The molecule has 0 fully saturated rings. The van der Waals surface area contributed by atoms with Gasteiger partial charge in [0.05, 0.1) is 26.9 Å². The van der Waals surface area contributed by atoms with Crippen LogP contribution in [0.2, 0.25) is 0 Å². The van der Waals surface area contributed by atoms with Gasteiger partial charge in [-0.2, -0.15) is 5.10 Å². The largest absolute Gasteiger partial charge is 0.493 e. The van der Waals surface area contributed by atoms with Crippen LogP contribution in [0.5, 0.6) is 11.5 Å². The lowest BCUT2D eigenvalue weighted by Crippen LogP contribution is -2.14. The van der Waals surface area contributed by atoms with E-state index in [4.69, 9.17) is 14.5 Å². The number of hydrazone groups is 1. The third-order valence-corrected chi connectivity index (χ3v) is 6.07. The molecule has 8 heteroatoms. The molecule has 7 nitrogen and oxygen atoms in total. The fraction of sp³-hybridized carbons (Fsp3) is 0.148. The van der Waals surface area contributed by atoms with Crippen LogP contribution < -0.4 is 20.2 Å². The predicted octanol–water partition coefficient (Wildman–Crippen LogP) is 5.76. The maximum Gasteiger partial charge on any atom is 0.229 e. The van der Waals surface area contributed by atoms with Crippen LogP contribution in [0.3, 0.4) is 0 Å². The Hall–Kier alpha value is -4.17. The summed E-state index contributed by atoms with van der Waals surface area (Å²) in [6.45, 7) is 2.03. The van der Waals surface area contributed by atoms with Crippen molar-refractivity contribution in [3.63, 3.8) is 0 Å². The van der Waals surface area contributed by atoms with Gasteiger partial charge in [0.1, 0.15) is 10.7 Å². The highest BCUT2D eigenvalue weighted by Crippen LogP contribution is 2.36. The predicted molar refractivity (Wildman–Crippen MR) is 142 cm³/mol. The van der Waals surface area contributed by atoms with Gasteiger partial charge in [0, 0.05) is 5.56 Å². The highest BCUT2D eigenvalue weighted by molar-refractivity contribution is 7.20. The van der Waals surface area contributed by atoms with Gasteiger partial charge in [0.15, 0.2) is 11.5 Å². The molecule has 0 unspecified atom stereocenters. The Labute approximate surface area is 208 Å². The third-order valence-electron chi connectivity index (χ3n) is 5.19. The standard InChI is InChI=1S/C27H26N4O3S/c1-18-9-12-21(13-10-18)25-26(29-24(32)16-19-7-5-4-6-8-19)35-27(30-25)31-28-17-20-11-14-22(33-2)23(15-20)34-3/h4-15,17H,16H2,1-3H3,(H,29,32)(H,30,31). The van der Waals surface area contributed by atoms with E-state index in [9.17, 15) is 4.79 Å². The number of aryl methyl sites for hydroxylation is 1. The zero-order valence-electron chi connectivity index (χ0n) is 19.7. The zero-order chi connectivity index (χ0) is 24.6. The molecule has 1 amide bonds. The van der Waals surface area contributed by atoms with Crippen molar-refractivity contribution in [2.45, 2.75) is 13.3 Å². The average molecular weight is 487 g/mol. The van der Waals surface area contributed by atoms with Crippen molar-refractivity contribution in [2.24, 2.45) is 5.10 Å². The highest BCUT2D eigenvalue weighted by atomic mass is 32.1. The normalized spacial score (nSPS) is 10.8. The van der Waals surface area contributed by atoms with Crippen molar-refractivity contribution < 1.29 is 14.3 Å². The van der Waals surface area contributed by atoms with Crippen LogP contribution in [0.4, 0.5) is 10.1 Å². The molecule has 1 aromatic heterocycles. The molecule has 2 N–H and O–H groups in total. The number of nitrogens with zero attached hydrogens (tertiary/aromatic N) is 2. The lowest BCUT2D eigenvalue weighted by atomic mass is 10.1. The van der Waals surface area contributed by atoms with Gasteiger partial charge in [-0.1, -0.05) is 71.5 Å². The van der Waals surface area contributed by atoms with E-state index in [1.165, 1.54) is 11.3 Å². The molecule has 35 heavy (non-hydrogen) atoms. The Balaban J connectivity index is 1.54. The number of carbonyl (C=O) groups is 1. The van der Waals surface area contributed by atoms with Crippen molar-refractivity contribution in [3.8, 4) is 22.8 Å². The molecule has 0 aliphatic heterocycles. The summed E-state index contributed by atoms with van der Waals surface area (Å²) in [5, 5.41) is 8.57. The molecule has 0 atom stereocenters. The summed E-state index contributed by atoms with van der Waals surface area (Å²) in [4.78, 5) is 17.4. The molecule has 178 valence electrons. The van der Waals surface area contributed by atoms with E-state index in [1.807, 2.05) is 79.7 Å². The molecule has 0 spiro atoms. The number of amides is 1. The van der Waals surface area contributed by atoms with E-state index in [1.54, 1.807) is 20.4 Å². The molecular weight excluding hydrogens is 460 g/mol. The maximum atomic E-state index is 12.7. The lowest BCUT2D eigenvalue weighted by Gasteiger charge is -2.07. The average Bonchev–Trinajstić information content (AvgIpc) is 3.27. The molecule has 3 aromatic carbocycles. The van der Waals surface area contributed by atoms with E-state index in [2.05, 4.69) is 15.8 Å². The van der Waals surface area contributed by atoms with Crippen molar-refractivity contribution in [2.75, 3.05) is 25.0 Å². The fourth-order valence-corrected chi connectivity index (χ4v) is 4.26. The second-order valence-electron chi connectivity index (χ2n) is 7.76. The van der Waals surface area contributed by atoms with Gasteiger partial charge < -0.3 is 14.8 Å². The molecular formula is C27H26N4O3S. The van der Waals surface area contributed by atoms with Gasteiger partial charge in [-0.05, 0) is 36.2 Å². The molecule has 0 bridgehead atoms. The second kappa shape index (κ2) is 11.3. The molecule has 0 aliphatic rings. The number of hydrogen-bond donors (Lipinski definition) is 2. The smallest absolute Gasteiger partial charge is 0.229 e. The number of hydrogen-bond acceptors (Lipinski definition) is 7. The molecule has 1 heterocycles. The molecule has 0 saturated heterocycles. The molecule has 4 rings (SSSR count). The minimum Gasteiger partial charge on any atom is -0.493 e. The quantitative estimate of drug-likeness (QED) is 0.232. The van der Waals surface area contributed by atoms with Gasteiger partial charge in [-0.3, -0.25) is 10.2 Å². The van der Waals surface area contributed by atoms with E-state index in [0.29, 0.717) is 27.3 Å². The van der Waals surface area contributed by atoms with Crippen LogP contribution in [-0.4, -0.2) is 31.3 Å². The van der Waals surface area contributed by atoms with Crippen molar-refractivity contribution >= 4 is 33.6 Å². The van der Waals surface area contributed by atoms with Crippen LogP contribution in [0.15, 0.2) is 77.9 Å². The summed E-state index contributed by atoms with van der Waals surface area (Å²) in [7, 11) is 3.18. The van der Waals surface area contributed by atoms with Crippen LogP contribution in [0.25, 0.3) is 11.3 Å². The van der Waals surface area contributed by atoms with Crippen LogP contribution in [0.1, 0.15) is 16.7 Å². The van der Waals surface area contributed by atoms with Crippen LogP contribution >= 0.6 is 11.3 Å².